The molecule has 3 rings (SSSR count). The fourth-order valence-electron chi connectivity index (χ4n) is 2.03. The summed E-state index contributed by atoms with van der Waals surface area (Å²) >= 11 is 0. The number of rotatable bonds is 3. The van der Waals surface area contributed by atoms with Gasteiger partial charge in [-0.2, -0.15) is 0 Å². The Hall–Kier alpha value is -3.28. The number of anilines is 1. The van der Waals surface area contributed by atoms with E-state index in [4.69, 9.17) is 5.73 Å². The molecule has 0 aliphatic carbocycles. The molecule has 108 valence electrons. The average Bonchev–Trinajstić information content (AvgIpc) is 2.55. The van der Waals surface area contributed by atoms with Crippen LogP contribution in [0.1, 0.15) is 20.7 Å². The quantitative estimate of drug-likeness (QED) is 0.771. The number of benzene rings is 2. The third-order valence-electron chi connectivity index (χ3n) is 3.16. The van der Waals surface area contributed by atoms with E-state index >= 15 is 0 Å². The summed E-state index contributed by atoms with van der Waals surface area (Å²) in [6.07, 6.45) is 3.18. The maximum absolute atomic E-state index is 12.2. The Labute approximate surface area is 126 Å². The van der Waals surface area contributed by atoms with Gasteiger partial charge in [-0.05, 0) is 42.5 Å². The predicted octanol–water partition coefficient (Wildman–Crippen LogP) is 1.98. The van der Waals surface area contributed by atoms with E-state index in [1.54, 1.807) is 54.9 Å². The van der Waals surface area contributed by atoms with E-state index in [1.165, 1.54) is 0 Å². The van der Waals surface area contributed by atoms with E-state index in [9.17, 15) is 9.59 Å². The SMILES string of the molecule is NC(=O)c1ccc(NC(=O)c2ccc3nccnc3c2)cc1. The van der Waals surface area contributed by atoms with Crippen molar-refractivity contribution in [3.05, 3.63) is 66.0 Å². The van der Waals surface area contributed by atoms with E-state index in [2.05, 4.69) is 15.3 Å². The molecule has 0 fully saturated rings. The zero-order valence-electron chi connectivity index (χ0n) is 11.5. The number of nitrogens with one attached hydrogen (secondary N) is 1. The minimum absolute atomic E-state index is 0.264. The van der Waals surface area contributed by atoms with Crippen molar-refractivity contribution >= 4 is 28.5 Å². The molecule has 1 heterocycles. The number of hydrogen-bond donors (Lipinski definition) is 2. The zero-order valence-corrected chi connectivity index (χ0v) is 11.5. The van der Waals surface area contributed by atoms with Crippen LogP contribution in [-0.2, 0) is 0 Å². The van der Waals surface area contributed by atoms with Crippen molar-refractivity contribution in [3.63, 3.8) is 0 Å². The Morgan fingerprint density at radius 2 is 1.50 bits per heavy atom. The van der Waals surface area contributed by atoms with Crippen molar-refractivity contribution in [2.24, 2.45) is 5.73 Å². The van der Waals surface area contributed by atoms with Crippen LogP contribution in [0.3, 0.4) is 0 Å². The second kappa shape index (κ2) is 5.61. The molecule has 6 nitrogen and oxygen atoms in total. The molecular formula is C16H12N4O2. The molecule has 0 aliphatic rings. The number of carbonyl (C=O) groups is 2. The highest BCUT2D eigenvalue weighted by Gasteiger charge is 2.08. The van der Waals surface area contributed by atoms with Gasteiger partial charge in [-0.1, -0.05) is 0 Å². The standard InChI is InChI=1S/C16H12N4O2/c17-15(21)10-1-4-12(5-2-10)20-16(22)11-3-6-13-14(9-11)19-8-7-18-13/h1-9H,(H2,17,21)(H,20,22). The van der Waals surface area contributed by atoms with Crippen molar-refractivity contribution in [1.82, 2.24) is 9.97 Å². The minimum Gasteiger partial charge on any atom is -0.366 e. The van der Waals surface area contributed by atoms with Gasteiger partial charge in [0.15, 0.2) is 0 Å². The molecule has 22 heavy (non-hydrogen) atoms. The minimum atomic E-state index is -0.508. The number of aromatic nitrogens is 2. The van der Waals surface area contributed by atoms with Gasteiger partial charge in [0.2, 0.25) is 5.91 Å². The van der Waals surface area contributed by atoms with Crippen molar-refractivity contribution in [3.8, 4) is 0 Å². The first-order valence-electron chi connectivity index (χ1n) is 6.55. The first kappa shape index (κ1) is 13.7. The van der Waals surface area contributed by atoms with Gasteiger partial charge in [0.1, 0.15) is 0 Å². The lowest BCUT2D eigenvalue weighted by atomic mass is 10.1. The van der Waals surface area contributed by atoms with Crippen LogP contribution in [-0.4, -0.2) is 21.8 Å². The fraction of sp³-hybridized carbons (Fsp3) is 0. The van der Waals surface area contributed by atoms with Gasteiger partial charge in [-0.3, -0.25) is 19.6 Å². The van der Waals surface area contributed by atoms with Crippen molar-refractivity contribution in [1.29, 1.82) is 0 Å². The van der Waals surface area contributed by atoms with Gasteiger partial charge in [0, 0.05) is 29.2 Å². The Bertz CT molecular complexity index is 859. The zero-order chi connectivity index (χ0) is 15.5. The molecular weight excluding hydrogens is 280 g/mol. The molecule has 6 heteroatoms. The van der Waals surface area contributed by atoms with Crippen LogP contribution in [0.4, 0.5) is 5.69 Å². The fourth-order valence-corrected chi connectivity index (χ4v) is 2.03. The number of hydrogen-bond acceptors (Lipinski definition) is 4. The molecule has 0 radical (unpaired) electrons. The number of primary amides is 1. The summed E-state index contributed by atoms with van der Waals surface area (Å²) in [7, 11) is 0. The molecule has 0 saturated carbocycles. The first-order chi connectivity index (χ1) is 10.6. The van der Waals surface area contributed by atoms with Gasteiger partial charge in [0.05, 0.1) is 11.0 Å². The second-order valence-electron chi connectivity index (χ2n) is 4.66. The van der Waals surface area contributed by atoms with Gasteiger partial charge in [-0.25, -0.2) is 0 Å². The molecule has 3 N–H and O–H groups in total. The number of nitrogens with zero attached hydrogens (tertiary/aromatic N) is 2. The van der Waals surface area contributed by atoms with Crippen LogP contribution in [0.5, 0.6) is 0 Å². The maximum Gasteiger partial charge on any atom is 0.255 e. The highest BCUT2D eigenvalue weighted by molar-refractivity contribution is 6.06. The van der Waals surface area contributed by atoms with Crippen molar-refractivity contribution in [2.45, 2.75) is 0 Å². The molecule has 0 unspecified atom stereocenters. The van der Waals surface area contributed by atoms with Crippen LogP contribution in [0.2, 0.25) is 0 Å². The molecule has 0 bridgehead atoms. The summed E-state index contributed by atoms with van der Waals surface area (Å²) in [4.78, 5) is 31.6. The average molecular weight is 292 g/mol. The molecule has 3 aromatic rings. The molecule has 0 saturated heterocycles. The van der Waals surface area contributed by atoms with Crippen LogP contribution < -0.4 is 11.1 Å². The highest BCUT2D eigenvalue weighted by atomic mass is 16.2. The lowest BCUT2D eigenvalue weighted by molar-refractivity contribution is 0.0998. The largest absolute Gasteiger partial charge is 0.366 e. The summed E-state index contributed by atoms with van der Waals surface area (Å²) in [6.45, 7) is 0. The lowest BCUT2D eigenvalue weighted by Gasteiger charge is -2.06. The number of amides is 2. The van der Waals surface area contributed by atoms with Crippen LogP contribution in [0.25, 0.3) is 11.0 Å². The second-order valence-corrected chi connectivity index (χ2v) is 4.66. The molecule has 0 atom stereocenters. The summed E-state index contributed by atoms with van der Waals surface area (Å²) in [5.74, 6) is -0.773. The van der Waals surface area contributed by atoms with E-state index in [0.29, 0.717) is 22.3 Å². The maximum atomic E-state index is 12.2. The summed E-state index contributed by atoms with van der Waals surface area (Å²) in [6, 6.07) is 11.5. The van der Waals surface area contributed by atoms with E-state index in [0.717, 1.165) is 5.52 Å². The summed E-state index contributed by atoms with van der Waals surface area (Å²) in [5.41, 5.74) is 7.99. The van der Waals surface area contributed by atoms with E-state index in [-0.39, 0.29) is 5.91 Å². The first-order valence-corrected chi connectivity index (χ1v) is 6.55. The van der Waals surface area contributed by atoms with Crippen molar-refractivity contribution < 1.29 is 9.59 Å². The smallest absolute Gasteiger partial charge is 0.255 e. The third-order valence-corrected chi connectivity index (χ3v) is 3.16. The van der Waals surface area contributed by atoms with Gasteiger partial charge >= 0.3 is 0 Å². The topological polar surface area (TPSA) is 98.0 Å². The Kier molecular flexibility index (Phi) is 3.49. The van der Waals surface area contributed by atoms with Gasteiger partial charge in [0.25, 0.3) is 5.91 Å². The Morgan fingerprint density at radius 1 is 0.864 bits per heavy atom. The van der Waals surface area contributed by atoms with Crippen molar-refractivity contribution in [2.75, 3.05) is 5.32 Å². The molecule has 2 amide bonds. The molecule has 0 aliphatic heterocycles. The van der Waals surface area contributed by atoms with Crippen LogP contribution in [0, 0.1) is 0 Å². The number of carbonyl (C=O) groups excluding carboxylic acids is 2. The third kappa shape index (κ3) is 2.76. The lowest BCUT2D eigenvalue weighted by Crippen LogP contribution is -2.13. The molecule has 0 spiro atoms. The molecule has 1 aromatic heterocycles. The number of nitrogens with two attached hydrogens (primary N) is 1. The van der Waals surface area contributed by atoms with E-state index < -0.39 is 5.91 Å². The Morgan fingerprint density at radius 3 is 2.18 bits per heavy atom. The van der Waals surface area contributed by atoms with Gasteiger partial charge < -0.3 is 11.1 Å². The number of fused-ring (bicyclic) bond motifs is 1. The normalized spacial score (nSPS) is 10.4. The predicted molar refractivity (Wildman–Crippen MR) is 82.5 cm³/mol. The van der Waals surface area contributed by atoms with Crippen LogP contribution >= 0.6 is 0 Å². The van der Waals surface area contributed by atoms with Crippen LogP contribution in [0.15, 0.2) is 54.9 Å². The monoisotopic (exact) mass is 292 g/mol. The summed E-state index contributed by atoms with van der Waals surface area (Å²) < 4.78 is 0. The molecule has 2 aromatic carbocycles. The summed E-state index contributed by atoms with van der Waals surface area (Å²) in [5, 5.41) is 2.75. The van der Waals surface area contributed by atoms with Gasteiger partial charge in [-0.15, -0.1) is 0 Å². The van der Waals surface area contributed by atoms with E-state index in [1.807, 2.05) is 0 Å². The highest BCUT2D eigenvalue weighted by Crippen LogP contribution is 2.14. The Balaban J connectivity index is 1.81.